The summed E-state index contributed by atoms with van der Waals surface area (Å²) in [6.45, 7) is 11.1. The number of hydrogen-bond donors (Lipinski definition) is 0. The highest BCUT2D eigenvalue weighted by Gasteiger charge is 2.33. The topological polar surface area (TPSA) is 63.2 Å². The van der Waals surface area contributed by atoms with Crippen molar-refractivity contribution < 1.29 is 4.42 Å². The molecule has 0 radical (unpaired) electrons. The summed E-state index contributed by atoms with van der Waals surface area (Å²) in [4.78, 5) is 4.98. The first-order valence-corrected chi connectivity index (χ1v) is 12.0. The van der Waals surface area contributed by atoms with Gasteiger partial charge < -0.3 is 9.32 Å². The van der Waals surface area contributed by atoms with Crippen LogP contribution in [-0.4, -0.2) is 51.3 Å². The molecule has 1 unspecified atom stereocenters. The third-order valence-corrected chi connectivity index (χ3v) is 6.68. The molecule has 1 atom stereocenters. The second kappa shape index (κ2) is 9.35. The zero-order valence-corrected chi connectivity index (χ0v) is 19.7. The molecule has 0 spiro atoms. The van der Waals surface area contributed by atoms with Crippen LogP contribution >= 0.6 is 0 Å². The fourth-order valence-corrected chi connectivity index (χ4v) is 4.99. The van der Waals surface area contributed by atoms with Crippen LogP contribution in [0.1, 0.15) is 48.5 Å². The van der Waals surface area contributed by atoms with Gasteiger partial charge in [-0.3, -0.25) is 4.90 Å². The van der Waals surface area contributed by atoms with E-state index >= 15 is 0 Å². The molecular formula is C26H32N6O. The highest BCUT2D eigenvalue weighted by molar-refractivity contribution is 5.77. The van der Waals surface area contributed by atoms with E-state index in [9.17, 15) is 0 Å². The predicted molar refractivity (Wildman–Crippen MR) is 130 cm³/mol. The number of nitrogens with zero attached hydrogens (tertiary/aromatic N) is 6. The highest BCUT2D eigenvalue weighted by Crippen LogP contribution is 2.34. The molecule has 1 aliphatic heterocycles. The molecule has 7 nitrogen and oxygen atoms in total. The van der Waals surface area contributed by atoms with Gasteiger partial charge in [0.1, 0.15) is 17.4 Å². The Kier molecular flexibility index (Phi) is 6.13. The fraction of sp³-hybridized carbons (Fsp3) is 0.423. The van der Waals surface area contributed by atoms with Crippen molar-refractivity contribution in [2.24, 2.45) is 0 Å². The number of piperazine rings is 1. The van der Waals surface area contributed by atoms with Gasteiger partial charge in [0.25, 0.3) is 0 Å². The molecule has 0 saturated carbocycles. The number of anilines is 1. The molecule has 172 valence electrons. The third kappa shape index (κ3) is 4.25. The molecule has 0 aliphatic carbocycles. The van der Waals surface area contributed by atoms with E-state index in [-0.39, 0.29) is 6.04 Å². The Morgan fingerprint density at radius 1 is 0.970 bits per heavy atom. The number of para-hydroxylation sites is 2. The maximum absolute atomic E-state index is 6.35. The summed E-state index contributed by atoms with van der Waals surface area (Å²) >= 11 is 0. The van der Waals surface area contributed by atoms with Crippen LogP contribution in [0.25, 0.3) is 11.0 Å². The Bertz CT molecular complexity index is 1170. The van der Waals surface area contributed by atoms with E-state index in [0.29, 0.717) is 0 Å². The third-order valence-electron chi connectivity index (χ3n) is 6.68. The first-order chi connectivity index (χ1) is 16.2. The Morgan fingerprint density at radius 3 is 2.45 bits per heavy atom. The van der Waals surface area contributed by atoms with Crippen LogP contribution in [0.4, 0.5) is 5.69 Å². The molecule has 0 amide bonds. The maximum atomic E-state index is 6.35. The van der Waals surface area contributed by atoms with Crippen molar-refractivity contribution in [1.82, 2.24) is 25.1 Å². The number of fused-ring (bicyclic) bond motifs is 1. The Hall–Kier alpha value is -3.19. The fourth-order valence-electron chi connectivity index (χ4n) is 4.99. The van der Waals surface area contributed by atoms with E-state index in [1.54, 1.807) is 0 Å². The molecule has 0 N–H and O–H groups in total. The molecule has 1 fully saturated rings. The van der Waals surface area contributed by atoms with Gasteiger partial charge in [-0.15, -0.1) is 5.10 Å². The molecule has 7 heteroatoms. The highest BCUT2D eigenvalue weighted by atomic mass is 16.3. The van der Waals surface area contributed by atoms with E-state index in [1.165, 1.54) is 16.8 Å². The van der Waals surface area contributed by atoms with E-state index in [4.69, 9.17) is 4.42 Å². The minimum absolute atomic E-state index is 0.107. The van der Waals surface area contributed by atoms with Crippen LogP contribution in [0.15, 0.2) is 52.9 Å². The van der Waals surface area contributed by atoms with Crippen LogP contribution in [0.5, 0.6) is 0 Å². The lowest BCUT2D eigenvalue weighted by atomic mass is 10.1. The summed E-state index contributed by atoms with van der Waals surface area (Å²) in [7, 11) is 0. The molecule has 1 aliphatic rings. The van der Waals surface area contributed by atoms with Crippen molar-refractivity contribution in [3.05, 3.63) is 71.2 Å². The number of aromatic nitrogens is 4. The maximum Gasteiger partial charge on any atom is 0.176 e. The van der Waals surface area contributed by atoms with E-state index < -0.39 is 0 Å². The molecule has 1 saturated heterocycles. The number of rotatable bonds is 7. The van der Waals surface area contributed by atoms with Crippen molar-refractivity contribution in [1.29, 1.82) is 0 Å². The van der Waals surface area contributed by atoms with Gasteiger partial charge in [-0.2, -0.15) is 0 Å². The van der Waals surface area contributed by atoms with Crippen LogP contribution in [0, 0.1) is 13.8 Å². The average molecular weight is 445 g/mol. The number of furan rings is 1. The van der Waals surface area contributed by atoms with Gasteiger partial charge in [0.2, 0.25) is 0 Å². The van der Waals surface area contributed by atoms with Gasteiger partial charge in [-0.1, -0.05) is 49.7 Å². The zero-order chi connectivity index (χ0) is 22.8. The number of unbranched alkanes of at least 4 members (excludes halogenated alkanes) is 1. The summed E-state index contributed by atoms with van der Waals surface area (Å²) in [5, 5.41) is 13.9. The van der Waals surface area contributed by atoms with Gasteiger partial charge in [-0.05, 0) is 54.0 Å². The summed E-state index contributed by atoms with van der Waals surface area (Å²) in [5.74, 6) is 1.77. The van der Waals surface area contributed by atoms with Gasteiger partial charge in [0.15, 0.2) is 5.82 Å². The first kappa shape index (κ1) is 21.6. The Balaban J connectivity index is 1.46. The van der Waals surface area contributed by atoms with E-state index in [2.05, 4.69) is 76.4 Å². The lowest BCUT2D eigenvalue weighted by Crippen LogP contribution is -2.48. The van der Waals surface area contributed by atoms with E-state index in [1.807, 2.05) is 22.9 Å². The zero-order valence-electron chi connectivity index (χ0n) is 19.7. The molecule has 5 rings (SSSR count). The predicted octanol–water partition coefficient (Wildman–Crippen LogP) is 4.75. The molecule has 33 heavy (non-hydrogen) atoms. The van der Waals surface area contributed by atoms with Gasteiger partial charge >= 0.3 is 0 Å². The molecule has 2 aromatic heterocycles. The Morgan fingerprint density at radius 2 is 1.73 bits per heavy atom. The van der Waals surface area contributed by atoms with Crippen molar-refractivity contribution in [3.8, 4) is 0 Å². The van der Waals surface area contributed by atoms with Crippen LogP contribution in [0.3, 0.4) is 0 Å². The van der Waals surface area contributed by atoms with E-state index in [0.717, 1.165) is 68.1 Å². The molecular weight excluding hydrogens is 412 g/mol. The Labute approximate surface area is 195 Å². The quantitative estimate of drug-likeness (QED) is 0.410. The summed E-state index contributed by atoms with van der Waals surface area (Å²) in [5.41, 5.74) is 4.94. The smallest absolute Gasteiger partial charge is 0.176 e. The normalized spacial score (nSPS) is 15.9. The molecule has 3 heterocycles. The number of tetrazole rings is 1. The first-order valence-electron chi connectivity index (χ1n) is 12.0. The standard InChI is InChI=1S/C26H32N6O/c1-4-5-13-32-26(27-28-29-32)25(23-18-21-11-6-7-12-22(21)33-23)31-16-14-30(15-17-31)24-19(2)9-8-10-20(24)3/h6-12,18,25H,4-5,13-17H2,1-3H3. The van der Waals surface area contributed by atoms with Gasteiger partial charge in [0.05, 0.1) is 0 Å². The molecule has 2 aromatic carbocycles. The molecule has 0 bridgehead atoms. The number of aryl methyl sites for hydroxylation is 3. The van der Waals surface area contributed by atoms with Crippen molar-refractivity contribution in [2.45, 2.75) is 46.2 Å². The largest absolute Gasteiger partial charge is 0.459 e. The summed E-state index contributed by atoms with van der Waals surface area (Å²) in [6, 6.07) is 16.8. The van der Waals surface area contributed by atoms with Crippen LogP contribution in [0.2, 0.25) is 0 Å². The second-order valence-electron chi connectivity index (χ2n) is 8.97. The van der Waals surface area contributed by atoms with Crippen molar-refractivity contribution in [3.63, 3.8) is 0 Å². The van der Waals surface area contributed by atoms with Gasteiger partial charge in [0, 0.05) is 43.8 Å². The number of hydrogen-bond acceptors (Lipinski definition) is 6. The number of benzene rings is 2. The SMILES string of the molecule is CCCCn1nnnc1C(c1cc2ccccc2o1)N1CCN(c2c(C)cccc2C)CC1. The minimum Gasteiger partial charge on any atom is -0.459 e. The van der Waals surface area contributed by atoms with Crippen LogP contribution in [-0.2, 0) is 6.54 Å². The minimum atomic E-state index is -0.107. The lowest BCUT2D eigenvalue weighted by Gasteiger charge is -2.40. The summed E-state index contributed by atoms with van der Waals surface area (Å²) < 4.78 is 8.31. The van der Waals surface area contributed by atoms with Gasteiger partial charge in [-0.25, -0.2) is 4.68 Å². The second-order valence-corrected chi connectivity index (χ2v) is 8.97. The lowest BCUT2D eigenvalue weighted by molar-refractivity contribution is 0.182. The van der Waals surface area contributed by atoms with Crippen LogP contribution < -0.4 is 4.90 Å². The molecule has 4 aromatic rings. The van der Waals surface area contributed by atoms with Crippen molar-refractivity contribution in [2.75, 3.05) is 31.1 Å². The summed E-state index contributed by atoms with van der Waals surface area (Å²) in [6.07, 6.45) is 2.15. The monoisotopic (exact) mass is 444 g/mol. The average Bonchev–Trinajstić information content (AvgIpc) is 3.46. The van der Waals surface area contributed by atoms with Crippen molar-refractivity contribution >= 4 is 16.7 Å².